The van der Waals surface area contributed by atoms with Gasteiger partial charge in [-0.15, -0.1) is 0 Å². The maximum atomic E-state index is 12.7. The first kappa shape index (κ1) is 22.4. The Morgan fingerprint density at radius 1 is 1.00 bits per heavy atom. The monoisotopic (exact) mass is 474 g/mol. The summed E-state index contributed by atoms with van der Waals surface area (Å²) in [4.78, 5) is 12.5. The third kappa shape index (κ3) is 5.86. The van der Waals surface area contributed by atoms with Crippen LogP contribution in [0.2, 0.25) is 15.1 Å². The van der Waals surface area contributed by atoms with Crippen LogP contribution in [0.25, 0.3) is 0 Å². The minimum Gasteiger partial charge on any atom is -0.352 e. The molecule has 0 saturated carbocycles. The standard InChI is InChI=1S/C20H21Cl3N2O3S/c21-17-4-2-1-3-16(17)12-24-20(26)15-7-9-25(10-8-15)29(27,28)13-14-5-6-18(22)19(23)11-14/h1-6,11,15H,7-10,12-13H2,(H,24,26). The summed E-state index contributed by atoms with van der Waals surface area (Å²) in [7, 11) is -3.49. The molecule has 2 aromatic carbocycles. The molecule has 1 amide bonds. The molecule has 0 aliphatic carbocycles. The predicted octanol–water partition coefficient (Wildman–Crippen LogP) is 4.51. The molecule has 5 nitrogen and oxygen atoms in total. The highest BCUT2D eigenvalue weighted by Crippen LogP contribution is 2.26. The topological polar surface area (TPSA) is 66.5 Å². The summed E-state index contributed by atoms with van der Waals surface area (Å²) >= 11 is 18.0. The number of rotatable bonds is 6. The van der Waals surface area contributed by atoms with Crippen LogP contribution >= 0.6 is 34.8 Å². The van der Waals surface area contributed by atoms with Gasteiger partial charge in [0.1, 0.15) is 0 Å². The van der Waals surface area contributed by atoms with Crippen molar-refractivity contribution in [1.82, 2.24) is 9.62 Å². The molecular formula is C20H21Cl3N2O3S. The Labute approximate surface area is 186 Å². The van der Waals surface area contributed by atoms with Crippen LogP contribution in [-0.4, -0.2) is 31.7 Å². The number of piperidine rings is 1. The molecule has 0 atom stereocenters. The molecule has 1 aliphatic rings. The van der Waals surface area contributed by atoms with Crippen molar-refractivity contribution in [3.05, 3.63) is 68.7 Å². The number of nitrogens with one attached hydrogen (secondary N) is 1. The minimum absolute atomic E-state index is 0.0774. The molecule has 156 valence electrons. The van der Waals surface area contributed by atoms with Gasteiger partial charge in [0.2, 0.25) is 15.9 Å². The number of amides is 1. The third-order valence-corrected chi connectivity index (χ3v) is 7.92. The Kier molecular flexibility index (Phi) is 7.46. The third-order valence-electron chi connectivity index (χ3n) is 4.96. The summed E-state index contributed by atoms with van der Waals surface area (Å²) in [6, 6.07) is 12.1. The molecule has 0 radical (unpaired) electrons. The maximum Gasteiger partial charge on any atom is 0.223 e. The lowest BCUT2D eigenvalue weighted by Crippen LogP contribution is -2.43. The number of benzene rings is 2. The lowest BCUT2D eigenvalue weighted by atomic mass is 9.97. The van der Waals surface area contributed by atoms with Crippen LogP contribution in [0.4, 0.5) is 0 Å². The lowest BCUT2D eigenvalue weighted by molar-refractivity contribution is -0.126. The van der Waals surface area contributed by atoms with E-state index in [1.54, 1.807) is 24.3 Å². The number of carbonyl (C=O) groups excluding carboxylic acids is 1. The fraction of sp³-hybridized carbons (Fsp3) is 0.350. The predicted molar refractivity (Wildman–Crippen MR) is 117 cm³/mol. The highest BCUT2D eigenvalue weighted by molar-refractivity contribution is 7.88. The zero-order valence-electron chi connectivity index (χ0n) is 15.6. The van der Waals surface area contributed by atoms with E-state index in [-0.39, 0.29) is 17.6 Å². The van der Waals surface area contributed by atoms with Crippen molar-refractivity contribution in [2.75, 3.05) is 13.1 Å². The van der Waals surface area contributed by atoms with Crippen molar-refractivity contribution < 1.29 is 13.2 Å². The summed E-state index contributed by atoms with van der Waals surface area (Å²) in [6.07, 6.45) is 0.962. The Bertz CT molecular complexity index is 990. The number of hydrogen-bond acceptors (Lipinski definition) is 3. The number of hydrogen-bond donors (Lipinski definition) is 1. The Morgan fingerprint density at radius 2 is 1.69 bits per heavy atom. The van der Waals surface area contributed by atoms with Crippen LogP contribution in [0.15, 0.2) is 42.5 Å². The van der Waals surface area contributed by atoms with Crippen molar-refractivity contribution in [1.29, 1.82) is 0 Å². The Balaban J connectivity index is 1.53. The highest BCUT2D eigenvalue weighted by atomic mass is 35.5. The van der Waals surface area contributed by atoms with Crippen LogP contribution in [-0.2, 0) is 27.1 Å². The number of nitrogens with zero attached hydrogens (tertiary/aromatic N) is 1. The highest BCUT2D eigenvalue weighted by Gasteiger charge is 2.31. The Morgan fingerprint density at radius 3 is 2.34 bits per heavy atom. The first-order valence-corrected chi connectivity index (χ1v) is 11.9. The largest absolute Gasteiger partial charge is 0.352 e. The van der Waals surface area contributed by atoms with Gasteiger partial charge in [-0.05, 0) is 42.2 Å². The molecular weight excluding hydrogens is 455 g/mol. The molecule has 1 aliphatic heterocycles. The van der Waals surface area contributed by atoms with Gasteiger partial charge in [0.25, 0.3) is 0 Å². The molecule has 0 bridgehead atoms. The van der Waals surface area contributed by atoms with Crippen LogP contribution in [0, 0.1) is 5.92 Å². The van der Waals surface area contributed by atoms with E-state index < -0.39 is 10.0 Å². The molecule has 0 spiro atoms. The number of halogens is 3. The van der Waals surface area contributed by atoms with Crippen LogP contribution in [0.3, 0.4) is 0 Å². The van der Waals surface area contributed by atoms with Crippen molar-refractivity contribution >= 4 is 50.7 Å². The van der Waals surface area contributed by atoms with Crippen molar-refractivity contribution in [2.24, 2.45) is 5.92 Å². The van der Waals surface area contributed by atoms with Crippen molar-refractivity contribution in [3.8, 4) is 0 Å². The lowest BCUT2D eigenvalue weighted by Gasteiger charge is -2.30. The average Bonchev–Trinajstić information content (AvgIpc) is 2.70. The molecule has 29 heavy (non-hydrogen) atoms. The second-order valence-corrected chi connectivity index (χ2v) is 10.2. The van der Waals surface area contributed by atoms with Gasteiger partial charge < -0.3 is 5.32 Å². The summed E-state index contributed by atoms with van der Waals surface area (Å²) in [5.41, 5.74) is 1.43. The molecule has 2 aromatic rings. The normalized spacial score (nSPS) is 16.0. The summed E-state index contributed by atoms with van der Waals surface area (Å²) in [5.74, 6) is -0.437. The smallest absolute Gasteiger partial charge is 0.223 e. The molecule has 1 saturated heterocycles. The zero-order valence-corrected chi connectivity index (χ0v) is 18.7. The van der Waals surface area contributed by atoms with E-state index in [2.05, 4.69) is 5.32 Å². The van der Waals surface area contributed by atoms with Gasteiger partial charge in [0.15, 0.2) is 0 Å². The molecule has 0 aromatic heterocycles. The molecule has 9 heteroatoms. The summed E-state index contributed by atoms with van der Waals surface area (Å²) in [5, 5.41) is 4.22. The van der Waals surface area contributed by atoms with Crippen LogP contribution in [0.1, 0.15) is 24.0 Å². The quantitative estimate of drug-likeness (QED) is 0.669. The van der Waals surface area contributed by atoms with E-state index >= 15 is 0 Å². The molecule has 3 rings (SSSR count). The summed E-state index contributed by atoms with van der Waals surface area (Å²) < 4.78 is 26.9. The van der Waals surface area contributed by atoms with Gasteiger partial charge in [-0.1, -0.05) is 59.1 Å². The fourth-order valence-electron chi connectivity index (χ4n) is 3.30. The second-order valence-electron chi connectivity index (χ2n) is 6.99. The SMILES string of the molecule is O=C(NCc1ccccc1Cl)C1CCN(S(=O)(=O)Cc2ccc(Cl)c(Cl)c2)CC1. The van der Waals surface area contributed by atoms with E-state index in [4.69, 9.17) is 34.8 Å². The Hall–Kier alpha value is -1.31. The van der Waals surface area contributed by atoms with Crippen molar-refractivity contribution in [2.45, 2.75) is 25.1 Å². The van der Waals surface area contributed by atoms with E-state index in [1.807, 2.05) is 18.2 Å². The first-order chi connectivity index (χ1) is 13.8. The van der Waals surface area contributed by atoms with E-state index in [0.717, 1.165) is 5.56 Å². The van der Waals surface area contributed by atoms with Gasteiger partial charge >= 0.3 is 0 Å². The van der Waals surface area contributed by atoms with Gasteiger partial charge in [-0.2, -0.15) is 0 Å². The van der Waals surface area contributed by atoms with E-state index in [0.29, 0.717) is 53.1 Å². The first-order valence-electron chi connectivity index (χ1n) is 9.19. The zero-order chi connectivity index (χ0) is 21.0. The number of sulfonamides is 1. The molecule has 1 fully saturated rings. The maximum absolute atomic E-state index is 12.7. The van der Waals surface area contributed by atoms with Gasteiger partial charge in [0, 0.05) is 30.6 Å². The molecule has 1 N–H and O–H groups in total. The van der Waals surface area contributed by atoms with E-state index in [1.165, 1.54) is 4.31 Å². The van der Waals surface area contributed by atoms with Gasteiger partial charge in [0.05, 0.1) is 15.8 Å². The number of carbonyl (C=O) groups is 1. The van der Waals surface area contributed by atoms with E-state index in [9.17, 15) is 13.2 Å². The van der Waals surface area contributed by atoms with Crippen LogP contribution in [0.5, 0.6) is 0 Å². The van der Waals surface area contributed by atoms with Crippen molar-refractivity contribution in [3.63, 3.8) is 0 Å². The summed E-state index contributed by atoms with van der Waals surface area (Å²) in [6.45, 7) is 0.982. The molecule has 0 unspecified atom stereocenters. The fourth-order valence-corrected chi connectivity index (χ4v) is 5.37. The molecule has 1 heterocycles. The second kappa shape index (κ2) is 9.67. The minimum atomic E-state index is -3.49. The average molecular weight is 476 g/mol. The van der Waals surface area contributed by atoms with Gasteiger partial charge in [-0.25, -0.2) is 12.7 Å². The van der Waals surface area contributed by atoms with Crippen LogP contribution < -0.4 is 5.32 Å². The van der Waals surface area contributed by atoms with Gasteiger partial charge in [-0.3, -0.25) is 4.79 Å².